The molecule has 1 fully saturated rings. The summed E-state index contributed by atoms with van der Waals surface area (Å²) in [7, 11) is -2.80. The van der Waals surface area contributed by atoms with E-state index in [9.17, 15) is 8.42 Å². The monoisotopic (exact) mass is 311 g/mol. The molecule has 1 rings (SSSR count). The van der Waals surface area contributed by atoms with Crippen molar-refractivity contribution < 1.29 is 8.42 Å². The van der Waals surface area contributed by atoms with Crippen LogP contribution < -0.4 is 5.32 Å². The summed E-state index contributed by atoms with van der Waals surface area (Å²) < 4.78 is 23.0. The van der Waals surface area contributed by atoms with Crippen molar-refractivity contribution in [1.82, 2.24) is 5.32 Å². The number of hydrogen-bond donors (Lipinski definition) is 1. The lowest BCUT2D eigenvalue weighted by atomic mass is 10.1. The third-order valence-electron chi connectivity index (χ3n) is 3.17. The second-order valence-electron chi connectivity index (χ2n) is 4.53. The highest BCUT2D eigenvalue weighted by Crippen LogP contribution is 2.28. The van der Waals surface area contributed by atoms with Crippen LogP contribution in [0.5, 0.6) is 0 Å². The van der Waals surface area contributed by atoms with Crippen LogP contribution in [0.2, 0.25) is 0 Å². The Morgan fingerprint density at radius 3 is 2.67 bits per heavy atom. The molecule has 0 bridgehead atoms. The maximum atomic E-state index is 11.5. The van der Waals surface area contributed by atoms with Gasteiger partial charge in [0.05, 0.1) is 5.75 Å². The van der Waals surface area contributed by atoms with Crippen LogP contribution >= 0.6 is 23.5 Å². The Balaban J connectivity index is 2.37. The summed E-state index contributed by atoms with van der Waals surface area (Å²) in [5.74, 6) is 4.29. The zero-order valence-electron chi connectivity index (χ0n) is 11.4. The van der Waals surface area contributed by atoms with Gasteiger partial charge in [0.25, 0.3) is 0 Å². The normalized spacial score (nSPS) is 22.9. The highest BCUT2D eigenvalue weighted by atomic mass is 32.2. The van der Waals surface area contributed by atoms with Gasteiger partial charge in [-0.15, -0.1) is 0 Å². The zero-order valence-corrected chi connectivity index (χ0v) is 13.8. The number of rotatable bonds is 8. The van der Waals surface area contributed by atoms with Gasteiger partial charge >= 0.3 is 0 Å². The number of thioether (sulfide) groups is 2. The molecule has 18 heavy (non-hydrogen) atoms. The minimum Gasteiger partial charge on any atom is -0.313 e. The van der Waals surface area contributed by atoms with Crippen LogP contribution in [0.15, 0.2) is 0 Å². The van der Waals surface area contributed by atoms with Gasteiger partial charge < -0.3 is 5.32 Å². The third kappa shape index (κ3) is 6.17. The maximum Gasteiger partial charge on any atom is 0.150 e. The average molecular weight is 312 g/mol. The molecule has 0 saturated carbocycles. The topological polar surface area (TPSA) is 46.2 Å². The first-order valence-electron chi connectivity index (χ1n) is 6.72. The van der Waals surface area contributed by atoms with E-state index in [-0.39, 0.29) is 5.75 Å². The van der Waals surface area contributed by atoms with Gasteiger partial charge in [0.1, 0.15) is 9.84 Å². The van der Waals surface area contributed by atoms with Gasteiger partial charge in [0.15, 0.2) is 0 Å². The lowest BCUT2D eigenvalue weighted by molar-refractivity contribution is 0.485. The molecule has 2 atom stereocenters. The zero-order chi connectivity index (χ0) is 13.4. The van der Waals surface area contributed by atoms with Crippen molar-refractivity contribution in [2.45, 2.75) is 38.0 Å². The van der Waals surface area contributed by atoms with Crippen LogP contribution in [0.4, 0.5) is 0 Å². The first-order valence-corrected chi connectivity index (χ1v) is 10.7. The SMILES string of the molecule is CCNC(CCCS(=O)(=O)CC)C1CSCCS1. The molecule has 1 saturated heterocycles. The molecular formula is C12H25NO2S3. The van der Waals surface area contributed by atoms with Gasteiger partial charge in [0, 0.05) is 34.3 Å². The van der Waals surface area contributed by atoms with Gasteiger partial charge in [-0.2, -0.15) is 23.5 Å². The Morgan fingerprint density at radius 1 is 1.33 bits per heavy atom. The second kappa shape index (κ2) is 8.72. The summed E-state index contributed by atoms with van der Waals surface area (Å²) in [6, 6.07) is 0.472. The average Bonchev–Trinajstić information content (AvgIpc) is 2.39. The quantitative estimate of drug-likeness (QED) is 0.743. The molecular weight excluding hydrogens is 286 g/mol. The van der Waals surface area contributed by atoms with Gasteiger partial charge in [-0.05, 0) is 19.4 Å². The molecule has 0 aromatic heterocycles. The fraction of sp³-hybridized carbons (Fsp3) is 1.00. The lowest BCUT2D eigenvalue weighted by Gasteiger charge is -2.30. The van der Waals surface area contributed by atoms with Crippen LogP contribution in [-0.2, 0) is 9.84 Å². The van der Waals surface area contributed by atoms with Crippen molar-refractivity contribution in [2.24, 2.45) is 0 Å². The van der Waals surface area contributed by atoms with Crippen molar-refractivity contribution in [2.75, 3.05) is 35.3 Å². The van der Waals surface area contributed by atoms with Crippen LogP contribution in [0.3, 0.4) is 0 Å². The van der Waals surface area contributed by atoms with Crippen LogP contribution in [-0.4, -0.2) is 55.0 Å². The van der Waals surface area contributed by atoms with E-state index in [1.807, 2.05) is 23.5 Å². The van der Waals surface area contributed by atoms with Crippen molar-refractivity contribution in [1.29, 1.82) is 0 Å². The maximum absolute atomic E-state index is 11.5. The molecule has 1 N–H and O–H groups in total. The summed E-state index contributed by atoms with van der Waals surface area (Å²) in [6.07, 6.45) is 1.76. The Bertz CT molecular complexity index is 313. The molecule has 108 valence electrons. The van der Waals surface area contributed by atoms with E-state index in [4.69, 9.17) is 0 Å². The first kappa shape index (κ1) is 16.7. The van der Waals surface area contributed by atoms with Crippen molar-refractivity contribution in [3.05, 3.63) is 0 Å². The van der Waals surface area contributed by atoms with Crippen molar-refractivity contribution in [3.63, 3.8) is 0 Å². The van der Waals surface area contributed by atoms with Crippen molar-refractivity contribution in [3.8, 4) is 0 Å². The predicted octanol–water partition coefficient (Wildman–Crippen LogP) is 2.03. The first-order chi connectivity index (χ1) is 8.59. The molecule has 3 nitrogen and oxygen atoms in total. The number of hydrogen-bond acceptors (Lipinski definition) is 5. The standard InChI is InChI=1S/C12H25NO2S3/c1-3-13-11(12-10-16-7-8-17-12)6-5-9-18(14,15)4-2/h11-13H,3-10H2,1-2H3. The summed E-state index contributed by atoms with van der Waals surface area (Å²) in [5.41, 5.74) is 0. The smallest absolute Gasteiger partial charge is 0.150 e. The minimum absolute atomic E-state index is 0.271. The number of sulfone groups is 1. The predicted molar refractivity (Wildman–Crippen MR) is 84.6 cm³/mol. The van der Waals surface area contributed by atoms with E-state index in [1.54, 1.807) is 6.92 Å². The third-order valence-corrected chi connectivity index (χ3v) is 7.88. The van der Waals surface area contributed by atoms with Gasteiger partial charge in [0.2, 0.25) is 0 Å². The molecule has 6 heteroatoms. The number of nitrogens with one attached hydrogen (secondary N) is 1. The van der Waals surface area contributed by atoms with E-state index in [1.165, 1.54) is 17.3 Å². The van der Waals surface area contributed by atoms with Gasteiger partial charge in [-0.25, -0.2) is 8.42 Å². The molecule has 0 spiro atoms. The molecule has 0 aliphatic carbocycles. The molecule has 1 aliphatic rings. The lowest BCUT2D eigenvalue weighted by Crippen LogP contribution is -2.41. The minimum atomic E-state index is -2.80. The van der Waals surface area contributed by atoms with Crippen LogP contribution in [0.25, 0.3) is 0 Å². The molecule has 0 aromatic rings. The molecule has 2 unspecified atom stereocenters. The van der Waals surface area contributed by atoms with Crippen LogP contribution in [0.1, 0.15) is 26.7 Å². The van der Waals surface area contributed by atoms with E-state index < -0.39 is 9.84 Å². The van der Waals surface area contributed by atoms with Gasteiger partial charge in [-0.3, -0.25) is 0 Å². The summed E-state index contributed by atoms with van der Waals surface area (Å²) >= 11 is 4.06. The summed E-state index contributed by atoms with van der Waals surface area (Å²) in [6.45, 7) is 4.81. The largest absolute Gasteiger partial charge is 0.313 e. The molecule has 0 amide bonds. The molecule has 1 aliphatic heterocycles. The molecule has 1 heterocycles. The Labute approximate surface area is 120 Å². The van der Waals surface area contributed by atoms with E-state index in [0.29, 0.717) is 17.0 Å². The Hall–Kier alpha value is 0.610. The Kier molecular flexibility index (Phi) is 8.07. The van der Waals surface area contributed by atoms with E-state index in [2.05, 4.69) is 12.2 Å². The fourth-order valence-corrected chi connectivity index (χ4v) is 5.91. The highest BCUT2D eigenvalue weighted by Gasteiger charge is 2.24. The molecule has 0 aromatic carbocycles. The van der Waals surface area contributed by atoms with E-state index >= 15 is 0 Å². The molecule has 0 radical (unpaired) electrons. The summed E-state index contributed by atoms with van der Waals surface area (Å²) in [5, 5.41) is 4.17. The summed E-state index contributed by atoms with van der Waals surface area (Å²) in [4.78, 5) is 0. The fourth-order valence-electron chi connectivity index (χ4n) is 2.09. The van der Waals surface area contributed by atoms with Crippen LogP contribution in [0, 0.1) is 0 Å². The highest BCUT2D eigenvalue weighted by molar-refractivity contribution is 8.06. The van der Waals surface area contributed by atoms with Gasteiger partial charge in [-0.1, -0.05) is 13.8 Å². The Morgan fingerprint density at radius 2 is 2.11 bits per heavy atom. The van der Waals surface area contributed by atoms with E-state index in [0.717, 1.165) is 19.4 Å². The van der Waals surface area contributed by atoms with Crippen molar-refractivity contribution >= 4 is 33.4 Å². The second-order valence-corrected chi connectivity index (χ2v) is 9.50.